The molecule has 1 heterocycles. The predicted octanol–water partition coefficient (Wildman–Crippen LogP) is 3.18. The molecule has 2 saturated carbocycles. The Labute approximate surface area is 148 Å². The molecule has 3 aliphatic rings. The fraction of sp³-hybridized carbons (Fsp3) is 0.600. The molecule has 134 valence electrons. The summed E-state index contributed by atoms with van der Waals surface area (Å²) in [4.78, 5) is 24.2. The van der Waals surface area contributed by atoms with Crippen molar-refractivity contribution in [3.63, 3.8) is 0 Å². The highest BCUT2D eigenvalue weighted by Crippen LogP contribution is 2.29. The highest BCUT2D eigenvalue weighted by atomic mass is 16.5. The van der Waals surface area contributed by atoms with E-state index < -0.39 is 0 Å². The second kappa shape index (κ2) is 7.16. The third kappa shape index (κ3) is 3.71. The van der Waals surface area contributed by atoms with Crippen LogP contribution >= 0.6 is 0 Å². The van der Waals surface area contributed by atoms with E-state index in [0.717, 1.165) is 36.9 Å². The molecular formula is C20H26N2O3. The Hall–Kier alpha value is -1.88. The van der Waals surface area contributed by atoms with Gasteiger partial charge in [0.15, 0.2) is 0 Å². The van der Waals surface area contributed by atoms with Gasteiger partial charge in [-0.2, -0.15) is 0 Å². The molecule has 2 N–H and O–H groups in total. The first-order chi connectivity index (χ1) is 12.2. The smallest absolute Gasteiger partial charge is 0.251 e. The maximum Gasteiger partial charge on any atom is 0.251 e. The van der Waals surface area contributed by atoms with Crippen molar-refractivity contribution in [3.8, 4) is 0 Å². The molecule has 5 nitrogen and oxygen atoms in total. The Morgan fingerprint density at radius 1 is 1.04 bits per heavy atom. The number of carbonyl (C=O) groups is 2. The lowest BCUT2D eigenvalue weighted by atomic mass is 9.92. The van der Waals surface area contributed by atoms with Gasteiger partial charge in [-0.15, -0.1) is 0 Å². The predicted molar refractivity (Wildman–Crippen MR) is 95.6 cm³/mol. The van der Waals surface area contributed by atoms with Gasteiger partial charge >= 0.3 is 0 Å². The Kier molecular flexibility index (Phi) is 4.75. The zero-order chi connectivity index (χ0) is 17.2. The van der Waals surface area contributed by atoms with Gasteiger partial charge < -0.3 is 15.4 Å². The van der Waals surface area contributed by atoms with Gasteiger partial charge in [0.25, 0.3) is 5.91 Å². The van der Waals surface area contributed by atoms with Crippen molar-refractivity contribution in [3.05, 3.63) is 29.3 Å². The van der Waals surface area contributed by atoms with Crippen LogP contribution in [0.25, 0.3) is 0 Å². The number of benzene rings is 1. The van der Waals surface area contributed by atoms with Crippen molar-refractivity contribution in [1.29, 1.82) is 0 Å². The molecule has 4 rings (SSSR count). The van der Waals surface area contributed by atoms with E-state index in [0.29, 0.717) is 24.2 Å². The minimum atomic E-state index is -0.0616. The first kappa shape index (κ1) is 16.6. The van der Waals surface area contributed by atoms with Crippen LogP contribution in [0, 0.1) is 0 Å². The number of rotatable bonds is 4. The minimum absolute atomic E-state index is 0.0418. The Morgan fingerprint density at radius 2 is 1.76 bits per heavy atom. The molecule has 2 amide bonds. The van der Waals surface area contributed by atoms with E-state index in [1.54, 1.807) is 0 Å². The normalized spacial score (nSPS) is 26.3. The van der Waals surface area contributed by atoms with Gasteiger partial charge in [0.05, 0.1) is 18.6 Å². The lowest BCUT2D eigenvalue weighted by Crippen LogP contribution is -2.40. The summed E-state index contributed by atoms with van der Waals surface area (Å²) in [5, 5.41) is 5.96. The molecule has 0 bridgehead atoms. The number of fused-ring (bicyclic) bond motifs is 1. The van der Waals surface area contributed by atoms with Crippen LogP contribution in [0.15, 0.2) is 18.2 Å². The monoisotopic (exact) mass is 342 g/mol. The van der Waals surface area contributed by atoms with E-state index in [2.05, 4.69) is 10.6 Å². The number of hydrogen-bond acceptors (Lipinski definition) is 3. The van der Waals surface area contributed by atoms with Crippen molar-refractivity contribution >= 4 is 17.5 Å². The van der Waals surface area contributed by atoms with Crippen LogP contribution in [0.4, 0.5) is 5.69 Å². The molecule has 25 heavy (non-hydrogen) atoms. The SMILES string of the molecule is O=C1Cc2c(cccc2C(=O)NC2CCC(OC3CCCC3)CC2)N1. The maximum absolute atomic E-state index is 12.7. The second-order valence-corrected chi connectivity index (χ2v) is 7.55. The highest BCUT2D eigenvalue weighted by Gasteiger charge is 2.28. The van der Waals surface area contributed by atoms with Gasteiger partial charge in [0.2, 0.25) is 5.91 Å². The quantitative estimate of drug-likeness (QED) is 0.883. The van der Waals surface area contributed by atoms with E-state index in [9.17, 15) is 9.59 Å². The molecule has 1 aromatic carbocycles. The van der Waals surface area contributed by atoms with Crippen LogP contribution in [0.5, 0.6) is 0 Å². The topological polar surface area (TPSA) is 67.4 Å². The van der Waals surface area contributed by atoms with Crippen molar-refractivity contribution in [2.45, 2.75) is 76.0 Å². The Bertz CT molecular complexity index is 659. The fourth-order valence-corrected chi connectivity index (χ4v) is 4.37. The molecule has 2 aliphatic carbocycles. The summed E-state index contributed by atoms with van der Waals surface area (Å²) in [5.74, 6) is -0.103. The molecule has 2 fully saturated rings. The van der Waals surface area contributed by atoms with E-state index in [1.807, 2.05) is 18.2 Å². The van der Waals surface area contributed by atoms with Gasteiger partial charge in [0, 0.05) is 17.3 Å². The van der Waals surface area contributed by atoms with E-state index in [1.165, 1.54) is 25.7 Å². The third-order valence-electron chi connectivity index (χ3n) is 5.73. The van der Waals surface area contributed by atoms with Crippen LogP contribution in [0.3, 0.4) is 0 Å². The summed E-state index contributed by atoms with van der Waals surface area (Å²) < 4.78 is 6.20. The van der Waals surface area contributed by atoms with Crippen LogP contribution in [0.1, 0.15) is 67.3 Å². The first-order valence-electron chi connectivity index (χ1n) is 9.57. The molecule has 0 unspecified atom stereocenters. The standard InChI is InChI=1S/C20H26N2O3/c23-19-12-17-16(6-3-7-18(17)22-19)20(24)21-13-8-10-15(11-9-13)25-14-4-1-2-5-14/h3,6-7,13-15H,1-2,4-5,8-12H2,(H,21,24)(H,22,23). The van der Waals surface area contributed by atoms with Crippen LogP contribution in [-0.2, 0) is 16.0 Å². The van der Waals surface area contributed by atoms with Gasteiger partial charge in [0.1, 0.15) is 0 Å². The van der Waals surface area contributed by atoms with E-state index >= 15 is 0 Å². The zero-order valence-corrected chi connectivity index (χ0v) is 14.6. The molecule has 1 aromatic rings. The third-order valence-corrected chi connectivity index (χ3v) is 5.73. The zero-order valence-electron chi connectivity index (χ0n) is 14.6. The minimum Gasteiger partial charge on any atom is -0.375 e. The molecule has 1 aliphatic heterocycles. The lowest BCUT2D eigenvalue weighted by molar-refractivity contribution is -0.115. The number of amides is 2. The summed E-state index contributed by atoms with van der Waals surface area (Å²) in [7, 11) is 0. The molecule has 5 heteroatoms. The second-order valence-electron chi connectivity index (χ2n) is 7.55. The number of carbonyl (C=O) groups excluding carboxylic acids is 2. The average Bonchev–Trinajstić information content (AvgIpc) is 3.24. The van der Waals surface area contributed by atoms with Gasteiger partial charge in [-0.05, 0) is 56.2 Å². The Morgan fingerprint density at radius 3 is 2.52 bits per heavy atom. The number of anilines is 1. The molecule has 0 aromatic heterocycles. The summed E-state index contributed by atoms with van der Waals surface area (Å²) in [5.41, 5.74) is 2.22. The van der Waals surface area contributed by atoms with Gasteiger partial charge in [-0.1, -0.05) is 18.9 Å². The molecular weight excluding hydrogens is 316 g/mol. The summed E-state index contributed by atoms with van der Waals surface area (Å²) >= 11 is 0. The molecule has 0 spiro atoms. The van der Waals surface area contributed by atoms with Crippen molar-refractivity contribution in [1.82, 2.24) is 5.32 Å². The van der Waals surface area contributed by atoms with Gasteiger partial charge in [-0.3, -0.25) is 9.59 Å². The molecule has 0 saturated heterocycles. The van der Waals surface area contributed by atoms with E-state index in [4.69, 9.17) is 4.74 Å². The number of hydrogen-bond donors (Lipinski definition) is 2. The number of nitrogens with one attached hydrogen (secondary N) is 2. The van der Waals surface area contributed by atoms with Crippen LogP contribution in [0.2, 0.25) is 0 Å². The van der Waals surface area contributed by atoms with Crippen LogP contribution in [-0.4, -0.2) is 30.1 Å². The van der Waals surface area contributed by atoms with Gasteiger partial charge in [-0.25, -0.2) is 0 Å². The maximum atomic E-state index is 12.7. The largest absolute Gasteiger partial charge is 0.375 e. The number of ether oxygens (including phenoxy) is 1. The first-order valence-corrected chi connectivity index (χ1v) is 9.57. The Balaban J connectivity index is 1.31. The van der Waals surface area contributed by atoms with Crippen molar-refractivity contribution in [2.75, 3.05) is 5.32 Å². The summed E-state index contributed by atoms with van der Waals surface area (Å²) in [6.45, 7) is 0. The van der Waals surface area contributed by atoms with Crippen molar-refractivity contribution < 1.29 is 14.3 Å². The lowest BCUT2D eigenvalue weighted by Gasteiger charge is -2.31. The molecule has 0 radical (unpaired) electrons. The summed E-state index contributed by atoms with van der Waals surface area (Å²) in [6.07, 6.45) is 10.1. The van der Waals surface area contributed by atoms with Crippen molar-refractivity contribution in [2.24, 2.45) is 0 Å². The average molecular weight is 342 g/mol. The summed E-state index contributed by atoms with van der Waals surface area (Å²) in [6, 6.07) is 5.69. The van der Waals surface area contributed by atoms with Crippen LogP contribution < -0.4 is 10.6 Å². The fourth-order valence-electron chi connectivity index (χ4n) is 4.37. The highest BCUT2D eigenvalue weighted by molar-refractivity contribution is 6.05. The van der Waals surface area contributed by atoms with E-state index in [-0.39, 0.29) is 17.9 Å². The molecule has 0 atom stereocenters.